The first-order valence-corrected chi connectivity index (χ1v) is 11.1. The smallest absolute Gasteiger partial charge is 0.230 e. The van der Waals surface area contributed by atoms with Crippen LogP contribution in [0.4, 0.5) is 5.69 Å². The van der Waals surface area contributed by atoms with Crippen LogP contribution in [0.25, 0.3) is 0 Å². The molecule has 1 fully saturated rings. The van der Waals surface area contributed by atoms with Crippen molar-refractivity contribution in [1.29, 1.82) is 0 Å². The van der Waals surface area contributed by atoms with E-state index >= 15 is 0 Å². The highest BCUT2D eigenvalue weighted by atomic mass is 32.2. The summed E-state index contributed by atoms with van der Waals surface area (Å²) >= 11 is 3.64. The van der Waals surface area contributed by atoms with E-state index in [-0.39, 0.29) is 26.7 Å². The van der Waals surface area contributed by atoms with E-state index in [1.54, 1.807) is 0 Å². The van der Waals surface area contributed by atoms with Crippen molar-refractivity contribution in [2.75, 3.05) is 17.8 Å². The van der Waals surface area contributed by atoms with E-state index < -0.39 is 0 Å². The molecule has 24 heavy (non-hydrogen) atoms. The van der Waals surface area contributed by atoms with Gasteiger partial charge in [-0.05, 0) is 47.5 Å². The molecule has 0 aliphatic heterocycles. The van der Waals surface area contributed by atoms with Crippen LogP contribution < -0.4 is 5.32 Å². The Hall–Kier alpha value is -0.610. The molecule has 0 unspecified atom stereocenters. The van der Waals surface area contributed by atoms with Crippen LogP contribution in [-0.4, -0.2) is 22.5 Å². The second-order valence-corrected chi connectivity index (χ2v) is 10.8. The normalized spacial score (nSPS) is 28.3. The van der Waals surface area contributed by atoms with Crippen LogP contribution in [0.2, 0.25) is 0 Å². The minimum absolute atomic E-state index is 0.0000762. The molecule has 1 N–H and O–H groups in total. The lowest BCUT2D eigenvalue weighted by atomic mass is 9.86. The molecule has 2 aliphatic carbocycles. The highest BCUT2D eigenvalue weighted by Crippen LogP contribution is 2.73. The third kappa shape index (κ3) is 2.36. The maximum atomic E-state index is 13.1. The zero-order chi connectivity index (χ0) is 17.9. The fourth-order valence-electron chi connectivity index (χ4n) is 5.01. The molecule has 2 nitrogen and oxygen atoms in total. The predicted molar refractivity (Wildman–Crippen MR) is 108 cm³/mol. The number of carbonyl (C=O) groups excluding carboxylic acids is 1. The molecule has 0 bridgehead atoms. The molecule has 0 spiro atoms. The van der Waals surface area contributed by atoms with Crippen LogP contribution in [0.1, 0.15) is 58.1 Å². The molecule has 3 rings (SSSR count). The van der Waals surface area contributed by atoms with Crippen LogP contribution in [-0.2, 0) is 10.2 Å². The van der Waals surface area contributed by atoms with Gasteiger partial charge in [0.25, 0.3) is 0 Å². The largest absolute Gasteiger partial charge is 0.325 e. The lowest BCUT2D eigenvalue weighted by Crippen LogP contribution is -2.20. The molecule has 1 aromatic carbocycles. The van der Waals surface area contributed by atoms with Crippen molar-refractivity contribution in [3.05, 3.63) is 29.3 Å². The van der Waals surface area contributed by atoms with Crippen molar-refractivity contribution in [2.45, 2.75) is 56.5 Å². The number of rotatable bonds is 4. The molecular weight excluding hydrogens is 334 g/mol. The third-order valence-electron chi connectivity index (χ3n) is 6.19. The van der Waals surface area contributed by atoms with Gasteiger partial charge in [-0.3, -0.25) is 4.79 Å². The van der Waals surface area contributed by atoms with Crippen molar-refractivity contribution in [3.63, 3.8) is 0 Å². The standard InChI is InChI=1S/C20H29NOS2/c1-12-11-18(2,3)13-9-8-10-14(15(12)13)21-17(22)16-19(4,5)20(16,23-6)24-7/h8-10,12,16H,11H2,1-7H3,(H,21,22)/t12-,16+/m0/s1. The topological polar surface area (TPSA) is 29.1 Å². The number of amides is 1. The number of nitrogens with one attached hydrogen (secondary N) is 1. The fraction of sp³-hybridized carbons (Fsp3) is 0.650. The summed E-state index contributed by atoms with van der Waals surface area (Å²) in [7, 11) is 0. The molecular formula is C20H29NOS2. The zero-order valence-electron chi connectivity index (χ0n) is 15.8. The maximum Gasteiger partial charge on any atom is 0.230 e. The molecule has 0 saturated heterocycles. The van der Waals surface area contributed by atoms with Crippen LogP contribution in [0, 0.1) is 11.3 Å². The number of anilines is 1. The molecule has 2 atom stereocenters. The monoisotopic (exact) mass is 363 g/mol. The molecule has 1 amide bonds. The minimum atomic E-state index is -0.0000762. The Bertz CT molecular complexity index is 676. The quantitative estimate of drug-likeness (QED) is 0.717. The zero-order valence-corrected chi connectivity index (χ0v) is 17.5. The van der Waals surface area contributed by atoms with E-state index in [9.17, 15) is 4.79 Å². The van der Waals surface area contributed by atoms with E-state index in [4.69, 9.17) is 0 Å². The Morgan fingerprint density at radius 2 is 1.79 bits per heavy atom. The second-order valence-electron chi connectivity index (χ2n) is 8.48. The first kappa shape index (κ1) is 18.2. The summed E-state index contributed by atoms with van der Waals surface area (Å²) < 4.78 is -0.0000762. The average Bonchev–Trinajstić information content (AvgIpc) is 2.90. The Balaban J connectivity index is 1.89. The van der Waals surface area contributed by atoms with Gasteiger partial charge in [-0.1, -0.05) is 46.8 Å². The molecule has 0 heterocycles. The van der Waals surface area contributed by atoms with Crippen molar-refractivity contribution >= 4 is 35.1 Å². The summed E-state index contributed by atoms with van der Waals surface area (Å²) in [5, 5.41) is 3.29. The number of hydrogen-bond acceptors (Lipinski definition) is 3. The van der Waals surface area contributed by atoms with Gasteiger partial charge in [-0.25, -0.2) is 0 Å². The summed E-state index contributed by atoms with van der Waals surface area (Å²) in [5.74, 6) is 0.717. The Morgan fingerprint density at radius 1 is 1.17 bits per heavy atom. The molecule has 2 aliphatic rings. The first-order valence-electron chi connectivity index (χ1n) is 8.67. The molecule has 4 heteroatoms. The van der Waals surface area contributed by atoms with Crippen molar-refractivity contribution in [2.24, 2.45) is 11.3 Å². The fourth-order valence-corrected chi connectivity index (χ4v) is 8.12. The van der Waals surface area contributed by atoms with Crippen LogP contribution >= 0.6 is 23.5 Å². The SMILES string of the molecule is CSC1(SC)[C@H](C(=O)Nc2cccc3c2[C@@H](C)CC3(C)C)C1(C)C. The highest BCUT2D eigenvalue weighted by molar-refractivity contribution is 8.18. The van der Waals surface area contributed by atoms with E-state index in [2.05, 4.69) is 70.6 Å². The summed E-state index contributed by atoms with van der Waals surface area (Å²) in [4.78, 5) is 13.1. The van der Waals surface area contributed by atoms with E-state index in [0.717, 1.165) is 12.1 Å². The number of carbonyl (C=O) groups is 1. The van der Waals surface area contributed by atoms with Crippen LogP contribution in [0.15, 0.2) is 18.2 Å². The predicted octanol–water partition coefficient (Wildman–Crippen LogP) is 5.49. The van der Waals surface area contributed by atoms with Crippen molar-refractivity contribution in [3.8, 4) is 0 Å². The van der Waals surface area contributed by atoms with E-state index in [1.807, 2.05) is 23.5 Å². The minimum Gasteiger partial charge on any atom is -0.325 e. The van der Waals surface area contributed by atoms with Gasteiger partial charge >= 0.3 is 0 Å². The average molecular weight is 364 g/mol. The van der Waals surface area contributed by atoms with Crippen molar-refractivity contribution < 1.29 is 4.79 Å². The second kappa shape index (κ2) is 5.70. The lowest BCUT2D eigenvalue weighted by molar-refractivity contribution is -0.118. The van der Waals surface area contributed by atoms with Crippen LogP contribution in [0.5, 0.6) is 0 Å². The summed E-state index contributed by atoms with van der Waals surface area (Å²) in [6.07, 6.45) is 5.39. The van der Waals surface area contributed by atoms with Crippen LogP contribution in [0.3, 0.4) is 0 Å². The number of hydrogen-bond donors (Lipinski definition) is 1. The first-order chi connectivity index (χ1) is 11.1. The molecule has 1 saturated carbocycles. The van der Waals surface area contributed by atoms with Gasteiger partial charge in [0.15, 0.2) is 0 Å². The number of benzene rings is 1. The Labute approximate surface area is 154 Å². The van der Waals surface area contributed by atoms with Gasteiger partial charge in [0, 0.05) is 11.1 Å². The molecule has 132 valence electrons. The summed E-state index contributed by atoms with van der Waals surface area (Å²) in [6.45, 7) is 11.3. The lowest BCUT2D eigenvalue weighted by Gasteiger charge is -2.19. The third-order valence-corrected chi connectivity index (χ3v) is 9.92. The van der Waals surface area contributed by atoms with Gasteiger partial charge in [0.05, 0.1) is 10.00 Å². The molecule has 0 radical (unpaired) electrons. The van der Waals surface area contributed by atoms with Crippen molar-refractivity contribution in [1.82, 2.24) is 0 Å². The van der Waals surface area contributed by atoms with Gasteiger partial charge in [0.1, 0.15) is 0 Å². The molecule has 1 aromatic rings. The van der Waals surface area contributed by atoms with Gasteiger partial charge in [-0.2, -0.15) is 0 Å². The summed E-state index contributed by atoms with van der Waals surface area (Å²) in [5.41, 5.74) is 3.97. The van der Waals surface area contributed by atoms with Gasteiger partial charge in [-0.15, -0.1) is 23.5 Å². The number of fused-ring (bicyclic) bond motifs is 1. The molecule has 0 aromatic heterocycles. The van der Waals surface area contributed by atoms with Gasteiger partial charge < -0.3 is 5.32 Å². The number of thioether (sulfide) groups is 2. The highest BCUT2D eigenvalue weighted by Gasteiger charge is 2.74. The van der Waals surface area contributed by atoms with E-state index in [1.165, 1.54) is 11.1 Å². The summed E-state index contributed by atoms with van der Waals surface area (Å²) in [6, 6.07) is 6.39. The Kier molecular flexibility index (Phi) is 4.32. The van der Waals surface area contributed by atoms with E-state index in [0.29, 0.717) is 5.92 Å². The Morgan fingerprint density at radius 3 is 2.33 bits per heavy atom. The van der Waals surface area contributed by atoms with Gasteiger partial charge in [0.2, 0.25) is 5.91 Å². The maximum absolute atomic E-state index is 13.1.